The molecule has 5 nitrogen and oxygen atoms in total. The Morgan fingerprint density at radius 2 is 1.11 bits per heavy atom. The van der Waals surface area contributed by atoms with E-state index in [9.17, 15) is 4.79 Å². The van der Waals surface area contributed by atoms with E-state index in [0.717, 1.165) is 61.6 Å². The number of aryl methyl sites for hydroxylation is 1. The lowest BCUT2D eigenvalue weighted by Crippen LogP contribution is -2.24. The zero-order valence-corrected chi connectivity index (χ0v) is 25.0. The zero-order chi connectivity index (χ0) is 27.4. The largest absolute Gasteiger partial charge is 0.494 e. The van der Waals surface area contributed by atoms with Crippen molar-refractivity contribution in [3.05, 3.63) is 28.6 Å². The number of pyridine rings is 1. The normalized spacial score (nSPS) is 11.3. The Kier molecular flexibility index (Phi) is 16.7. The van der Waals surface area contributed by atoms with Gasteiger partial charge in [-0.15, -0.1) is 0 Å². The highest BCUT2D eigenvalue weighted by molar-refractivity contribution is 5.89. The molecule has 0 unspecified atom stereocenters. The molecular weight excluding hydrogens is 474 g/mol. The number of unbranched alkanes of at least 4 members (excludes halogenated alkanes) is 12. The second kappa shape index (κ2) is 19.8. The van der Waals surface area contributed by atoms with Crippen molar-refractivity contribution in [2.45, 2.75) is 137 Å². The van der Waals surface area contributed by atoms with Crippen LogP contribution >= 0.6 is 0 Å². The highest BCUT2D eigenvalue weighted by Gasteiger charge is 2.20. The average Bonchev–Trinajstić information content (AvgIpc) is 2.93. The summed E-state index contributed by atoms with van der Waals surface area (Å²) in [4.78, 5) is 13.8. The van der Waals surface area contributed by atoms with E-state index in [-0.39, 0.29) is 5.56 Å². The van der Waals surface area contributed by atoms with Crippen molar-refractivity contribution in [1.82, 2.24) is 4.57 Å². The predicted octanol–water partition coefficient (Wildman–Crippen LogP) is 9.46. The maximum absolute atomic E-state index is 13.8. The molecule has 1 heterocycles. The molecule has 0 saturated carbocycles. The Bertz CT molecular complexity index is 952. The Balaban J connectivity index is 2.33. The molecule has 0 spiro atoms. The van der Waals surface area contributed by atoms with Crippen molar-refractivity contribution in [2.24, 2.45) is 0 Å². The van der Waals surface area contributed by atoms with Gasteiger partial charge in [0.25, 0.3) is 5.56 Å². The summed E-state index contributed by atoms with van der Waals surface area (Å²) in [6, 6.07) is 6.10. The molecule has 0 aliphatic rings. The molecule has 0 fully saturated rings. The molecule has 0 saturated heterocycles. The van der Waals surface area contributed by atoms with Crippen LogP contribution < -0.4 is 19.8 Å². The van der Waals surface area contributed by atoms with Crippen LogP contribution in [0, 0.1) is 0 Å². The molecular formula is C33H55NO4. The van der Waals surface area contributed by atoms with Crippen LogP contribution in [-0.4, -0.2) is 24.4 Å². The summed E-state index contributed by atoms with van der Waals surface area (Å²) in [6.45, 7) is 11.3. The summed E-state index contributed by atoms with van der Waals surface area (Å²) >= 11 is 0. The Morgan fingerprint density at radius 3 is 1.79 bits per heavy atom. The van der Waals surface area contributed by atoms with Crippen LogP contribution in [-0.2, 0) is 6.54 Å². The summed E-state index contributed by atoms with van der Waals surface area (Å²) < 4.78 is 20.5. The number of benzene rings is 1. The molecule has 0 aliphatic heterocycles. The minimum absolute atomic E-state index is 0.0796. The third-order valence-corrected chi connectivity index (χ3v) is 7.14. The van der Waals surface area contributed by atoms with Gasteiger partial charge in [0.2, 0.25) is 5.75 Å². The van der Waals surface area contributed by atoms with Crippen molar-refractivity contribution < 1.29 is 14.2 Å². The molecule has 5 heteroatoms. The molecule has 0 N–H and O–H groups in total. The Hall–Kier alpha value is -2.17. The maximum atomic E-state index is 13.8. The molecule has 0 radical (unpaired) electrons. The minimum Gasteiger partial charge on any atom is -0.494 e. The van der Waals surface area contributed by atoms with Gasteiger partial charge in [-0.2, -0.15) is 0 Å². The first-order valence-electron chi connectivity index (χ1n) is 15.8. The van der Waals surface area contributed by atoms with Crippen molar-refractivity contribution in [1.29, 1.82) is 0 Å². The Labute approximate surface area is 232 Å². The van der Waals surface area contributed by atoms with Gasteiger partial charge < -0.3 is 18.8 Å². The second-order valence-electron chi connectivity index (χ2n) is 10.6. The first-order chi connectivity index (χ1) is 18.7. The third-order valence-electron chi connectivity index (χ3n) is 7.14. The highest BCUT2D eigenvalue weighted by Crippen LogP contribution is 2.35. The number of fused-ring (bicyclic) bond motifs is 1. The summed E-state index contributed by atoms with van der Waals surface area (Å²) in [5.41, 5.74) is 0.806. The fraction of sp³-hybridized carbons (Fsp3) is 0.727. The monoisotopic (exact) mass is 529 g/mol. The van der Waals surface area contributed by atoms with Crippen LogP contribution in [0.2, 0.25) is 0 Å². The van der Waals surface area contributed by atoms with E-state index in [1.165, 1.54) is 57.8 Å². The predicted molar refractivity (Wildman–Crippen MR) is 161 cm³/mol. The Morgan fingerprint density at radius 1 is 0.579 bits per heavy atom. The van der Waals surface area contributed by atoms with E-state index < -0.39 is 0 Å². The lowest BCUT2D eigenvalue weighted by Gasteiger charge is -2.19. The van der Waals surface area contributed by atoms with Crippen LogP contribution in [0.3, 0.4) is 0 Å². The van der Waals surface area contributed by atoms with Crippen molar-refractivity contribution in [2.75, 3.05) is 19.8 Å². The van der Waals surface area contributed by atoms with E-state index in [0.29, 0.717) is 37.9 Å². The summed E-state index contributed by atoms with van der Waals surface area (Å²) in [5, 5.41) is 0.937. The van der Waals surface area contributed by atoms with Gasteiger partial charge in [0.05, 0.1) is 25.3 Å². The zero-order valence-electron chi connectivity index (χ0n) is 25.0. The molecule has 1 aromatic heterocycles. The fourth-order valence-electron chi connectivity index (χ4n) is 4.75. The lowest BCUT2D eigenvalue weighted by molar-refractivity contribution is 0.258. The number of hydrogen-bond donors (Lipinski definition) is 0. The van der Waals surface area contributed by atoms with Gasteiger partial charge in [0, 0.05) is 18.0 Å². The quantitative estimate of drug-likeness (QED) is 0.135. The maximum Gasteiger partial charge on any atom is 0.297 e. The molecule has 38 heavy (non-hydrogen) atoms. The smallest absolute Gasteiger partial charge is 0.297 e. The molecule has 0 atom stereocenters. The second-order valence-corrected chi connectivity index (χ2v) is 10.6. The van der Waals surface area contributed by atoms with Gasteiger partial charge in [-0.05, 0) is 37.8 Å². The molecule has 1 aromatic carbocycles. The number of nitrogens with zero attached hydrogens (tertiary/aromatic N) is 1. The first kappa shape index (κ1) is 32.0. The van der Waals surface area contributed by atoms with E-state index in [1.54, 1.807) is 0 Å². The number of ether oxygens (including phenoxy) is 3. The summed E-state index contributed by atoms with van der Waals surface area (Å²) in [6.07, 6.45) is 18.2. The van der Waals surface area contributed by atoms with Crippen LogP contribution in [0.4, 0.5) is 0 Å². The van der Waals surface area contributed by atoms with E-state index in [2.05, 4.69) is 33.8 Å². The van der Waals surface area contributed by atoms with Gasteiger partial charge in [0.1, 0.15) is 5.75 Å². The average molecular weight is 530 g/mol. The standard InChI is InChI=1S/C33H55NO4/c1-5-9-13-16-17-20-25-36-28-21-22-29-30(27-28)34(23-18-14-10-6-2)33(35)32(31(29)37-24-12-8-4)38-26-19-15-11-7-3/h21-22,27H,5-20,23-26H2,1-4H3. The minimum atomic E-state index is -0.0796. The summed E-state index contributed by atoms with van der Waals surface area (Å²) in [7, 11) is 0. The van der Waals surface area contributed by atoms with Gasteiger partial charge in [-0.25, -0.2) is 0 Å². The fourth-order valence-corrected chi connectivity index (χ4v) is 4.75. The topological polar surface area (TPSA) is 49.7 Å². The van der Waals surface area contributed by atoms with Crippen LogP contribution in [0.5, 0.6) is 17.2 Å². The SMILES string of the molecule is CCCCCCCCOc1ccc2c(OCCCC)c(OCCCCCC)c(=O)n(CCCCCC)c2c1. The van der Waals surface area contributed by atoms with Crippen LogP contribution in [0.15, 0.2) is 23.0 Å². The molecule has 0 bridgehead atoms. The van der Waals surface area contributed by atoms with Gasteiger partial charge in [-0.1, -0.05) is 105 Å². The highest BCUT2D eigenvalue weighted by atomic mass is 16.5. The van der Waals surface area contributed by atoms with Gasteiger partial charge >= 0.3 is 0 Å². The number of hydrogen-bond acceptors (Lipinski definition) is 4. The van der Waals surface area contributed by atoms with Crippen LogP contribution in [0.25, 0.3) is 10.9 Å². The number of rotatable bonds is 23. The number of aromatic nitrogens is 1. The van der Waals surface area contributed by atoms with Gasteiger partial charge in [-0.3, -0.25) is 4.79 Å². The molecule has 0 amide bonds. The van der Waals surface area contributed by atoms with Crippen LogP contribution in [0.1, 0.15) is 130 Å². The molecule has 2 rings (SSSR count). The molecule has 216 valence electrons. The third kappa shape index (κ3) is 10.9. The lowest BCUT2D eigenvalue weighted by atomic mass is 10.1. The van der Waals surface area contributed by atoms with Crippen molar-refractivity contribution in [3.63, 3.8) is 0 Å². The van der Waals surface area contributed by atoms with Gasteiger partial charge in [0.15, 0.2) is 5.75 Å². The van der Waals surface area contributed by atoms with Crippen molar-refractivity contribution >= 4 is 10.9 Å². The first-order valence-corrected chi connectivity index (χ1v) is 15.8. The van der Waals surface area contributed by atoms with E-state index >= 15 is 0 Å². The van der Waals surface area contributed by atoms with E-state index in [1.807, 2.05) is 16.7 Å². The van der Waals surface area contributed by atoms with Crippen molar-refractivity contribution in [3.8, 4) is 17.2 Å². The van der Waals surface area contributed by atoms with E-state index in [4.69, 9.17) is 14.2 Å². The summed E-state index contributed by atoms with van der Waals surface area (Å²) in [5.74, 6) is 1.79. The molecule has 0 aliphatic carbocycles. The molecule has 2 aromatic rings.